The van der Waals surface area contributed by atoms with E-state index in [9.17, 15) is 4.79 Å². The molecule has 0 fully saturated rings. The average molecular weight is 254 g/mol. The molecule has 3 rings (SSSR count). The second kappa shape index (κ2) is 4.72. The molecule has 2 N–H and O–H groups in total. The Kier molecular flexibility index (Phi) is 2.91. The number of carboxylic acids is 1. The molecule has 0 saturated heterocycles. The van der Waals surface area contributed by atoms with Crippen molar-refractivity contribution in [1.29, 1.82) is 0 Å². The van der Waals surface area contributed by atoms with Gasteiger partial charge in [-0.15, -0.1) is 0 Å². The molecule has 0 radical (unpaired) electrons. The molecule has 96 valence electrons. The number of benzene rings is 1. The number of aromatic nitrogens is 1. The van der Waals surface area contributed by atoms with E-state index in [1.165, 1.54) is 23.4 Å². The molecule has 2 aromatic rings. The van der Waals surface area contributed by atoms with Crippen LogP contribution in [0.25, 0.3) is 0 Å². The molecule has 1 aromatic heterocycles. The van der Waals surface area contributed by atoms with Gasteiger partial charge in [-0.2, -0.15) is 0 Å². The Morgan fingerprint density at radius 1 is 1.21 bits per heavy atom. The highest BCUT2D eigenvalue weighted by Crippen LogP contribution is 2.24. The zero-order valence-corrected chi connectivity index (χ0v) is 10.3. The van der Waals surface area contributed by atoms with E-state index < -0.39 is 5.97 Å². The number of rotatable bonds is 3. The quantitative estimate of drug-likeness (QED) is 0.882. The Morgan fingerprint density at radius 2 is 1.89 bits per heavy atom. The monoisotopic (exact) mass is 254 g/mol. The van der Waals surface area contributed by atoms with Gasteiger partial charge in [0, 0.05) is 12.2 Å². The summed E-state index contributed by atoms with van der Waals surface area (Å²) in [6.45, 7) is 0. The van der Waals surface area contributed by atoms with Crippen LogP contribution in [0.2, 0.25) is 0 Å². The van der Waals surface area contributed by atoms with E-state index in [0.29, 0.717) is 5.82 Å². The molecular formula is C15H14N2O2. The van der Waals surface area contributed by atoms with Crippen LogP contribution in [-0.2, 0) is 12.8 Å². The highest BCUT2D eigenvalue weighted by molar-refractivity contribution is 5.88. The van der Waals surface area contributed by atoms with Crippen molar-refractivity contribution in [2.75, 3.05) is 5.32 Å². The Balaban J connectivity index is 1.74. The smallest absolute Gasteiger partial charge is 0.335 e. The van der Waals surface area contributed by atoms with Gasteiger partial charge in [-0.05, 0) is 36.1 Å². The predicted octanol–water partition coefficient (Wildman–Crippen LogP) is 2.36. The van der Waals surface area contributed by atoms with Gasteiger partial charge in [-0.25, -0.2) is 9.78 Å². The van der Waals surface area contributed by atoms with Crippen molar-refractivity contribution < 1.29 is 9.90 Å². The van der Waals surface area contributed by atoms with Crippen LogP contribution in [0.3, 0.4) is 0 Å². The van der Waals surface area contributed by atoms with Crippen molar-refractivity contribution in [3.63, 3.8) is 0 Å². The number of aromatic carboxylic acids is 1. The Hall–Kier alpha value is -2.36. The maximum absolute atomic E-state index is 10.9. The predicted molar refractivity (Wildman–Crippen MR) is 72.5 cm³/mol. The lowest BCUT2D eigenvalue weighted by molar-refractivity contribution is 0.0697. The molecule has 0 atom stereocenters. The summed E-state index contributed by atoms with van der Waals surface area (Å²) >= 11 is 0. The zero-order chi connectivity index (χ0) is 13.2. The van der Waals surface area contributed by atoms with Gasteiger partial charge in [0.05, 0.1) is 5.56 Å². The number of carbonyl (C=O) groups is 1. The molecular weight excluding hydrogens is 240 g/mol. The van der Waals surface area contributed by atoms with E-state index in [1.54, 1.807) is 6.07 Å². The molecule has 1 heterocycles. The van der Waals surface area contributed by atoms with E-state index in [0.717, 1.165) is 12.8 Å². The number of nitrogens with one attached hydrogen (secondary N) is 1. The lowest BCUT2D eigenvalue weighted by Gasteiger charge is -2.12. The summed E-state index contributed by atoms with van der Waals surface area (Å²) in [5, 5.41) is 12.3. The SMILES string of the molecule is O=C(O)c1ccnc(NC2Cc3ccccc3C2)c1. The van der Waals surface area contributed by atoms with Crippen molar-refractivity contribution >= 4 is 11.8 Å². The first-order chi connectivity index (χ1) is 9.22. The van der Waals surface area contributed by atoms with E-state index in [4.69, 9.17) is 5.11 Å². The third kappa shape index (κ3) is 2.42. The Labute approximate surface area is 111 Å². The summed E-state index contributed by atoms with van der Waals surface area (Å²) in [5.74, 6) is -0.308. The fourth-order valence-electron chi connectivity index (χ4n) is 2.51. The molecule has 1 aliphatic rings. The summed E-state index contributed by atoms with van der Waals surface area (Å²) in [7, 11) is 0. The van der Waals surface area contributed by atoms with Crippen LogP contribution >= 0.6 is 0 Å². The molecule has 0 spiro atoms. The van der Waals surface area contributed by atoms with Gasteiger partial charge < -0.3 is 10.4 Å². The van der Waals surface area contributed by atoms with Gasteiger partial charge in [-0.3, -0.25) is 0 Å². The normalized spacial score (nSPS) is 14.1. The molecule has 0 unspecified atom stereocenters. The van der Waals surface area contributed by atoms with Crippen LogP contribution in [0, 0.1) is 0 Å². The van der Waals surface area contributed by atoms with Crippen LogP contribution in [-0.4, -0.2) is 22.1 Å². The summed E-state index contributed by atoms with van der Waals surface area (Å²) < 4.78 is 0. The van der Waals surface area contributed by atoms with Gasteiger partial charge in [-0.1, -0.05) is 24.3 Å². The van der Waals surface area contributed by atoms with E-state index in [-0.39, 0.29) is 11.6 Å². The van der Waals surface area contributed by atoms with Crippen molar-refractivity contribution in [2.24, 2.45) is 0 Å². The van der Waals surface area contributed by atoms with Gasteiger partial charge in [0.25, 0.3) is 0 Å². The van der Waals surface area contributed by atoms with E-state index in [1.807, 2.05) is 12.1 Å². The highest BCUT2D eigenvalue weighted by atomic mass is 16.4. The van der Waals surface area contributed by atoms with Crippen molar-refractivity contribution in [3.05, 3.63) is 59.3 Å². The van der Waals surface area contributed by atoms with Crippen LogP contribution < -0.4 is 5.32 Å². The van der Waals surface area contributed by atoms with Crippen LogP contribution in [0.15, 0.2) is 42.6 Å². The Morgan fingerprint density at radius 3 is 2.53 bits per heavy atom. The molecule has 1 aliphatic carbocycles. The number of fused-ring (bicyclic) bond motifs is 1. The van der Waals surface area contributed by atoms with E-state index in [2.05, 4.69) is 22.4 Å². The van der Waals surface area contributed by atoms with Crippen molar-refractivity contribution in [2.45, 2.75) is 18.9 Å². The molecule has 0 aliphatic heterocycles. The Bertz CT molecular complexity index is 600. The number of hydrogen-bond donors (Lipinski definition) is 2. The minimum atomic E-state index is -0.930. The lowest BCUT2D eigenvalue weighted by Crippen LogP contribution is -2.20. The molecule has 0 bridgehead atoms. The number of nitrogens with zero attached hydrogens (tertiary/aromatic N) is 1. The minimum absolute atomic E-state index is 0.257. The summed E-state index contributed by atoms with van der Waals surface area (Å²) in [4.78, 5) is 15.1. The highest BCUT2D eigenvalue weighted by Gasteiger charge is 2.21. The standard InChI is InChI=1S/C15H14N2O2/c18-15(19)12-5-6-16-14(9-12)17-13-7-10-3-1-2-4-11(10)8-13/h1-6,9,13H,7-8H2,(H,16,17)(H,18,19). The van der Waals surface area contributed by atoms with Gasteiger partial charge >= 0.3 is 5.97 Å². The summed E-state index contributed by atoms with van der Waals surface area (Å²) in [6, 6.07) is 11.7. The fourth-order valence-corrected chi connectivity index (χ4v) is 2.51. The molecule has 0 saturated carbocycles. The summed E-state index contributed by atoms with van der Waals surface area (Å²) in [5.41, 5.74) is 2.97. The maximum atomic E-state index is 10.9. The molecule has 19 heavy (non-hydrogen) atoms. The van der Waals surface area contributed by atoms with Gasteiger partial charge in [0.1, 0.15) is 5.82 Å². The first-order valence-electron chi connectivity index (χ1n) is 6.25. The number of pyridine rings is 1. The first-order valence-corrected chi connectivity index (χ1v) is 6.25. The van der Waals surface area contributed by atoms with Crippen molar-refractivity contribution in [1.82, 2.24) is 4.98 Å². The van der Waals surface area contributed by atoms with Gasteiger partial charge in [0.15, 0.2) is 0 Å². The summed E-state index contributed by atoms with van der Waals surface area (Å²) in [6.07, 6.45) is 3.43. The average Bonchev–Trinajstić information content (AvgIpc) is 2.81. The van der Waals surface area contributed by atoms with Gasteiger partial charge in [0.2, 0.25) is 0 Å². The lowest BCUT2D eigenvalue weighted by atomic mass is 10.1. The third-order valence-electron chi connectivity index (χ3n) is 3.41. The van der Waals surface area contributed by atoms with Crippen LogP contribution in [0.5, 0.6) is 0 Å². The topological polar surface area (TPSA) is 62.2 Å². The number of carboxylic acid groups (broad SMARTS) is 1. The maximum Gasteiger partial charge on any atom is 0.335 e. The van der Waals surface area contributed by atoms with Crippen LogP contribution in [0.1, 0.15) is 21.5 Å². The largest absolute Gasteiger partial charge is 0.478 e. The fraction of sp³-hybridized carbons (Fsp3) is 0.200. The molecule has 0 amide bonds. The zero-order valence-electron chi connectivity index (χ0n) is 10.3. The second-order valence-corrected chi connectivity index (χ2v) is 4.75. The third-order valence-corrected chi connectivity index (χ3v) is 3.41. The first kappa shape index (κ1) is 11.7. The molecule has 4 heteroatoms. The van der Waals surface area contributed by atoms with E-state index >= 15 is 0 Å². The van der Waals surface area contributed by atoms with Crippen LogP contribution in [0.4, 0.5) is 5.82 Å². The second-order valence-electron chi connectivity index (χ2n) is 4.75. The van der Waals surface area contributed by atoms with Crippen molar-refractivity contribution in [3.8, 4) is 0 Å². The molecule has 1 aromatic carbocycles. The minimum Gasteiger partial charge on any atom is -0.478 e. The number of anilines is 1. The number of hydrogen-bond acceptors (Lipinski definition) is 3. The molecule has 4 nitrogen and oxygen atoms in total.